The number of rotatable bonds is 9. The molecule has 2 fully saturated rings. The molecule has 2 aromatic rings. The van der Waals surface area contributed by atoms with Gasteiger partial charge in [-0.2, -0.15) is 0 Å². The van der Waals surface area contributed by atoms with E-state index >= 15 is 0 Å². The average Bonchev–Trinajstić information content (AvgIpc) is 3.44. The van der Waals surface area contributed by atoms with E-state index in [1.165, 1.54) is 13.8 Å². The van der Waals surface area contributed by atoms with Crippen LogP contribution in [-0.2, 0) is 54.0 Å². The third-order valence-electron chi connectivity index (χ3n) is 6.61. The van der Waals surface area contributed by atoms with Gasteiger partial charge >= 0.3 is 23.9 Å². The highest BCUT2D eigenvalue weighted by molar-refractivity contribution is 6.31. The molecule has 230 valence electrons. The summed E-state index contributed by atoms with van der Waals surface area (Å²) in [5, 5.41) is 0.483. The molecule has 5 atom stereocenters. The van der Waals surface area contributed by atoms with E-state index in [2.05, 4.69) is 0 Å². The number of halogens is 1. The number of carbonyl (C=O) groups excluding carboxylic acids is 4. The Morgan fingerprint density at radius 2 is 1.56 bits per heavy atom. The van der Waals surface area contributed by atoms with Gasteiger partial charge in [-0.15, -0.1) is 0 Å². The van der Waals surface area contributed by atoms with Crippen molar-refractivity contribution in [3.63, 3.8) is 0 Å². The van der Waals surface area contributed by atoms with Crippen LogP contribution in [0.1, 0.15) is 56.9 Å². The molecule has 4 rings (SSSR count). The van der Waals surface area contributed by atoms with Crippen molar-refractivity contribution >= 4 is 35.5 Å². The van der Waals surface area contributed by atoms with Gasteiger partial charge < -0.3 is 33.2 Å². The van der Waals surface area contributed by atoms with E-state index in [0.29, 0.717) is 30.2 Å². The van der Waals surface area contributed by atoms with Crippen LogP contribution in [0.5, 0.6) is 5.75 Å². The molecule has 2 unspecified atom stereocenters. The SMILES string of the molecule is CC(=O)O/C=C1/O[C@@H](c2ccc(Cl)c(Cc3ccc(OC4CCOC4)cc3)c2)[C@H](OC(C)=O)C(OC(C)=O)[C@@H]1OC(C)=O. The van der Waals surface area contributed by atoms with E-state index in [4.69, 9.17) is 44.8 Å². The second-order valence-electron chi connectivity index (χ2n) is 10.1. The molecule has 2 aromatic carbocycles. The van der Waals surface area contributed by atoms with Crippen LogP contribution in [-0.4, -0.2) is 61.5 Å². The van der Waals surface area contributed by atoms with Gasteiger partial charge in [-0.3, -0.25) is 19.2 Å². The molecule has 0 amide bonds. The minimum atomic E-state index is -1.37. The summed E-state index contributed by atoms with van der Waals surface area (Å²) in [6.45, 7) is 5.93. The lowest BCUT2D eigenvalue weighted by atomic mass is 9.91. The van der Waals surface area contributed by atoms with E-state index < -0.39 is 48.3 Å². The Kier molecular flexibility index (Phi) is 10.7. The molecular formula is C31H33ClO11. The van der Waals surface area contributed by atoms with Crippen molar-refractivity contribution in [1.82, 2.24) is 0 Å². The summed E-state index contributed by atoms with van der Waals surface area (Å²) in [4.78, 5) is 47.9. The van der Waals surface area contributed by atoms with E-state index in [-0.39, 0.29) is 11.9 Å². The van der Waals surface area contributed by atoms with Gasteiger partial charge in [-0.25, -0.2) is 0 Å². The highest BCUT2D eigenvalue weighted by Crippen LogP contribution is 2.40. The molecule has 0 aromatic heterocycles. The van der Waals surface area contributed by atoms with Crippen molar-refractivity contribution in [1.29, 1.82) is 0 Å². The molecule has 0 aliphatic carbocycles. The molecule has 0 bridgehead atoms. The lowest BCUT2D eigenvalue weighted by molar-refractivity contribution is -0.212. The lowest BCUT2D eigenvalue weighted by Gasteiger charge is -2.42. The number of benzene rings is 2. The van der Waals surface area contributed by atoms with Crippen molar-refractivity contribution in [3.8, 4) is 5.75 Å². The first-order valence-electron chi connectivity index (χ1n) is 13.7. The van der Waals surface area contributed by atoms with Gasteiger partial charge in [0.15, 0.2) is 24.1 Å². The molecule has 0 saturated carbocycles. The molecule has 2 aliphatic rings. The fourth-order valence-corrected chi connectivity index (χ4v) is 5.02. The molecule has 12 heteroatoms. The summed E-state index contributed by atoms with van der Waals surface area (Å²) in [6.07, 6.45) is -2.71. The van der Waals surface area contributed by atoms with Gasteiger partial charge in [0.1, 0.15) is 18.1 Å². The molecule has 0 radical (unpaired) electrons. The predicted molar refractivity (Wildman–Crippen MR) is 151 cm³/mol. The molecule has 2 saturated heterocycles. The maximum Gasteiger partial charge on any atom is 0.307 e. The molecule has 2 heterocycles. The molecular weight excluding hydrogens is 584 g/mol. The number of carbonyl (C=O) groups is 4. The highest BCUT2D eigenvalue weighted by atomic mass is 35.5. The van der Waals surface area contributed by atoms with Crippen LogP contribution in [0, 0.1) is 0 Å². The van der Waals surface area contributed by atoms with Crippen molar-refractivity contribution in [3.05, 3.63) is 76.2 Å². The second kappa shape index (κ2) is 14.4. The standard InChI is InChI=1S/C31H33ClO11/c1-17(33)38-16-27-29(39-18(2)34)31(41-20(4)36)30(40-19(3)35)28(43-27)22-7-10-26(32)23(14-22)13-21-5-8-24(9-6-21)42-25-11-12-37-15-25/h5-10,14,16,25,28-31H,11-13,15H2,1-4H3/b27-16+/t25?,28-,29+,30-,31?/m0/s1. The zero-order chi connectivity index (χ0) is 31.1. The maximum absolute atomic E-state index is 12.2. The van der Waals surface area contributed by atoms with E-state index in [0.717, 1.165) is 43.4 Å². The van der Waals surface area contributed by atoms with E-state index in [1.807, 2.05) is 24.3 Å². The van der Waals surface area contributed by atoms with Crippen LogP contribution in [0.3, 0.4) is 0 Å². The zero-order valence-corrected chi connectivity index (χ0v) is 25.0. The topological polar surface area (TPSA) is 133 Å². The van der Waals surface area contributed by atoms with Gasteiger partial charge in [-0.1, -0.05) is 35.9 Å². The second-order valence-corrected chi connectivity index (χ2v) is 10.5. The summed E-state index contributed by atoms with van der Waals surface area (Å²) < 4.78 is 39.0. The molecule has 11 nitrogen and oxygen atoms in total. The number of ether oxygens (including phenoxy) is 7. The van der Waals surface area contributed by atoms with Crippen molar-refractivity contribution in [2.45, 2.75) is 71.1 Å². The van der Waals surface area contributed by atoms with Crippen LogP contribution < -0.4 is 4.74 Å². The van der Waals surface area contributed by atoms with Crippen LogP contribution in [0.25, 0.3) is 0 Å². The molecule has 0 N–H and O–H groups in total. The number of hydrogen-bond acceptors (Lipinski definition) is 11. The van der Waals surface area contributed by atoms with Crippen LogP contribution in [0.15, 0.2) is 54.5 Å². The Morgan fingerprint density at radius 3 is 2.16 bits per heavy atom. The van der Waals surface area contributed by atoms with Crippen molar-refractivity contribution in [2.75, 3.05) is 13.2 Å². The zero-order valence-electron chi connectivity index (χ0n) is 24.2. The smallest absolute Gasteiger partial charge is 0.307 e. The molecule has 43 heavy (non-hydrogen) atoms. The van der Waals surface area contributed by atoms with Crippen LogP contribution >= 0.6 is 11.6 Å². The van der Waals surface area contributed by atoms with Gasteiger partial charge in [0.2, 0.25) is 6.10 Å². The van der Waals surface area contributed by atoms with E-state index in [1.54, 1.807) is 18.2 Å². The van der Waals surface area contributed by atoms with Crippen LogP contribution in [0.2, 0.25) is 5.02 Å². The summed E-state index contributed by atoms with van der Waals surface area (Å²) in [7, 11) is 0. The average molecular weight is 617 g/mol. The monoisotopic (exact) mass is 616 g/mol. The van der Waals surface area contributed by atoms with E-state index in [9.17, 15) is 19.2 Å². The van der Waals surface area contributed by atoms with Gasteiger partial charge in [0.05, 0.1) is 13.2 Å². The minimum Gasteiger partial charge on any atom is -0.488 e. The van der Waals surface area contributed by atoms with Crippen LogP contribution in [0.4, 0.5) is 0 Å². The third-order valence-corrected chi connectivity index (χ3v) is 6.98. The summed E-state index contributed by atoms with van der Waals surface area (Å²) in [5.74, 6) is -2.19. The highest BCUT2D eigenvalue weighted by Gasteiger charge is 2.51. The summed E-state index contributed by atoms with van der Waals surface area (Å²) in [6, 6.07) is 12.8. The molecule has 2 aliphatic heterocycles. The first-order chi connectivity index (χ1) is 20.5. The summed E-state index contributed by atoms with van der Waals surface area (Å²) >= 11 is 6.58. The Balaban J connectivity index is 1.67. The van der Waals surface area contributed by atoms with Gasteiger partial charge in [0.25, 0.3) is 0 Å². The quantitative estimate of drug-likeness (QED) is 0.226. The Hall–Kier alpha value is -4.09. The maximum atomic E-state index is 12.2. The largest absolute Gasteiger partial charge is 0.488 e. The van der Waals surface area contributed by atoms with Crippen molar-refractivity contribution < 1.29 is 52.3 Å². The number of esters is 4. The first-order valence-corrected chi connectivity index (χ1v) is 14.0. The lowest BCUT2D eigenvalue weighted by Crippen LogP contribution is -2.53. The van der Waals surface area contributed by atoms with Gasteiger partial charge in [-0.05, 0) is 41.3 Å². The fourth-order valence-electron chi connectivity index (χ4n) is 4.84. The Morgan fingerprint density at radius 1 is 0.884 bits per heavy atom. The Bertz CT molecular complexity index is 1360. The van der Waals surface area contributed by atoms with Gasteiger partial charge in [0, 0.05) is 39.1 Å². The fraction of sp³-hybridized carbons (Fsp3) is 0.419. The third kappa shape index (κ3) is 8.71. The normalized spacial score (nSPS) is 24.0. The van der Waals surface area contributed by atoms with Crippen molar-refractivity contribution in [2.24, 2.45) is 0 Å². The summed E-state index contributed by atoms with van der Waals surface area (Å²) in [5.41, 5.74) is 2.20. The first kappa shape index (κ1) is 31.8. The predicted octanol–water partition coefficient (Wildman–Crippen LogP) is 4.37. The number of hydrogen-bond donors (Lipinski definition) is 0. The minimum absolute atomic E-state index is 0.0358. The molecule has 0 spiro atoms. The Labute approximate surface area is 253 Å².